The standard InChI is InChI=1S/C11H21NO2/c1-8-3-2-4-9(5-8)10(7-12)6-11(13)14/h8-10H,2-7,12H2,1H3,(H,13,14)/t8-,9-,10-/m1/s1. The van der Waals surface area contributed by atoms with Gasteiger partial charge in [0.1, 0.15) is 0 Å². The Balaban J connectivity index is 2.46. The number of carboxylic acids is 1. The third-order valence-electron chi connectivity index (χ3n) is 3.38. The van der Waals surface area contributed by atoms with Gasteiger partial charge >= 0.3 is 5.97 Å². The summed E-state index contributed by atoms with van der Waals surface area (Å²) in [6.45, 7) is 2.77. The second-order valence-electron chi connectivity index (χ2n) is 4.63. The van der Waals surface area contributed by atoms with E-state index in [4.69, 9.17) is 10.8 Å². The zero-order valence-corrected chi connectivity index (χ0v) is 8.91. The third-order valence-corrected chi connectivity index (χ3v) is 3.38. The van der Waals surface area contributed by atoms with Crippen LogP contribution in [0.25, 0.3) is 0 Å². The Morgan fingerprint density at radius 3 is 2.79 bits per heavy atom. The van der Waals surface area contributed by atoms with Crippen LogP contribution in [0.15, 0.2) is 0 Å². The summed E-state index contributed by atoms with van der Waals surface area (Å²) < 4.78 is 0. The molecule has 0 bridgehead atoms. The number of rotatable bonds is 4. The Kier molecular flexibility index (Phi) is 4.39. The first-order chi connectivity index (χ1) is 6.63. The highest BCUT2D eigenvalue weighted by Gasteiger charge is 2.27. The van der Waals surface area contributed by atoms with E-state index in [-0.39, 0.29) is 12.3 Å². The number of hydrogen-bond donors (Lipinski definition) is 2. The number of carboxylic acid groups (broad SMARTS) is 1. The Bertz CT molecular complexity index is 194. The number of hydrogen-bond acceptors (Lipinski definition) is 2. The van der Waals surface area contributed by atoms with Gasteiger partial charge in [-0.2, -0.15) is 0 Å². The molecule has 3 atom stereocenters. The molecule has 1 fully saturated rings. The lowest BCUT2D eigenvalue weighted by atomic mass is 9.74. The molecule has 3 heteroatoms. The van der Waals surface area contributed by atoms with E-state index in [0.29, 0.717) is 12.5 Å². The van der Waals surface area contributed by atoms with E-state index in [0.717, 1.165) is 12.3 Å². The van der Waals surface area contributed by atoms with Crippen molar-refractivity contribution in [1.29, 1.82) is 0 Å². The molecule has 0 aromatic rings. The average Bonchev–Trinajstić information content (AvgIpc) is 2.14. The molecule has 3 nitrogen and oxygen atoms in total. The average molecular weight is 199 g/mol. The van der Waals surface area contributed by atoms with Gasteiger partial charge in [-0.1, -0.05) is 26.2 Å². The Morgan fingerprint density at radius 1 is 1.57 bits per heavy atom. The molecule has 1 aliphatic carbocycles. The fraction of sp³-hybridized carbons (Fsp3) is 0.909. The minimum absolute atomic E-state index is 0.190. The minimum atomic E-state index is -0.710. The van der Waals surface area contributed by atoms with Crippen LogP contribution >= 0.6 is 0 Å². The maximum Gasteiger partial charge on any atom is 0.303 e. The van der Waals surface area contributed by atoms with Crippen LogP contribution < -0.4 is 5.73 Å². The highest BCUT2D eigenvalue weighted by molar-refractivity contribution is 5.67. The van der Waals surface area contributed by atoms with Gasteiger partial charge in [0.05, 0.1) is 0 Å². The van der Waals surface area contributed by atoms with Gasteiger partial charge in [0.15, 0.2) is 0 Å². The first kappa shape index (κ1) is 11.5. The fourth-order valence-electron chi connectivity index (χ4n) is 2.58. The molecule has 0 aromatic heterocycles. The summed E-state index contributed by atoms with van der Waals surface area (Å²) >= 11 is 0. The van der Waals surface area contributed by atoms with Crippen molar-refractivity contribution >= 4 is 5.97 Å². The monoisotopic (exact) mass is 199 g/mol. The van der Waals surface area contributed by atoms with Crippen molar-refractivity contribution in [1.82, 2.24) is 0 Å². The SMILES string of the molecule is C[C@@H]1CCC[C@@H]([C@@H](CN)CC(=O)O)C1. The molecule has 14 heavy (non-hydrogen) atoms. The first-order valence-electron chi connectivity index (χ1n) is 5.55. The fourth-order valence-corrected chi connectivity index (χ4v) is 2.58. The van der Waals surface area contributed by atoms with E-state index in [9.17, 15) is 4.79 Å². The van der Waals surface area contributed by atoms with Gasteiger partial charge in [0.2, 0.25) is 0 Å². The molecule has 0 unspecified atom stereocenters. The second-order valence-corrected chi connectivity index (χ2v) is 4.63. The third kappa shape index (κ3) is 3.29. The van der Waals surface area contributed by atoms with Crippen molar-refractivity contribution in [2.24, 2.45) is 23.5 Å². The minimum Gasteiger partial charge on any atom is -0.481 e. The zero-order valence-electron chi connectivity index (χ0n) is 8.91. The van der Waals surface area contributed by atoms with Gasteiger partial charge in [-0.15, -0.1) is 0 Å². The van der Waals surface area contributed by atoms with Crippen molar-refractivity contribution in [3.63, 3.8) is 0 Å². The van der Waals surface area contributed by atoms with Crippen LogP contribution in [0.1, 0.15) is 39.0 Å². The van der Waals surface area contributed by atoms with E-state index in [2.05, 4.69) is 6.92 Å². The van der Waals surface area contributed by atoms with Crippen LogP contribution in [0.4, 0.5) is 0 Å². The lowest BCUT2D eigenvalue weighted by Crippen LogP contribution is -2.29. The summed E-state index contributed by atoms with van der Waals surface area (Å²) in [4.78, 5) is 10.6. The Morgan fingerprint density at radius 2 is 2.29 bits per heavy atom. The second kappa shape index (κ2) is 5.35. The van der Waals surface area contributed by atoms with E-state index >= 15 is 0 Å². The molecule has 0 spiro atoms. The molecule has 0 aromatic carbocycles. The molecular weight excluding hydrogens is 178 g/mol. The van der Waals surface area contributed by atoms with Crippen LogP contribution in [0.5, 0.6) is 0 Å². The van der Waals surface area contributed by atoms with Gasteiger partial charge in [0.25, 0.3) is 0 Å². The van der Waals surface area contributed by atoms with Gasteiger partial charge in [0, 0.05) is 6.42 Å². The van der Waals surface area contributed by atoms with Crippen molar-refractivity contribution in [2.75, 3.05) is 6.54 Å². The normalized spacial score (nSPS) is 29.9. The lowest BCUT2D eigenvalue weighted by Gasteiger charge is -2.31. The van der Waals surface area contributed by atoms with Crippen molar-refractivity contribution in [3.8, 4) is 0 Å². The lowest BCUT2D eigenvalue weighted by molar-refractivity contribution is -0.138. The quantitative estimate of drug-likeness (QED) is 0.726. The molecule has 0 saturated heterocycles. The van der Waals surface area contributed by atoms with Crippen LogP contribution in [-0.4, -0.2) is 17.6 Å². The molecule has 1 saturated carbocycles. The van der Waals surface area contributed by atoms with Crippen molar-refractivity contribution < 1.29 is 9.90 Å². The van der Waals surface area contributed by atoms with Crippen molar-refractivity contribution in [2.45, 2.75) is 39.0 Å². The van der Waals surface area contributed by atoms with E-state index in [1.807, 2.05) is 0 Å². The summed E-state index contributed by atoms with van der Waals surface area (Å²) in [5.41, 5.74) is 5.63. The van der Waals surface area contributed by atoms with Crippen LogP contribution in [0.2, 0.25) is 0 Å². The largest absolute Gasteiger partial charge is 0.481 e. The van der Waals surface area contributed by atoms with Gasteiger partial charge in [-0.25, -0.2) is 0 Å². The van der Waals surface area contributed by atoms with E-state index in [1.165, 1.54) is 19.3 Å². The molecule has 0 amide bonds. The van der Waals surface area contributed by atoms with Gasteiger partial charge in [-0.05, 0) is 30.7 Å². The maximum atomic E-state index is 10.6. The molecule has 82 valence electrons. The van der Waals surface area contributed by atoms with Crippen LogP contribution in [0.3, 0.4) is 0 Å². The maximum absolute atomic E-state index is 10.6. The Labute approximate surface area is 85.7 Å². The summed E-state index contributed by atoms with van der Waals surface area (Å²) in [5, 5.41) is 8.76. The molecule has 0 heterocycles. The van der Waals surface area contributed by atoms with Gasteiger partial charge < -0.3 is 10.8 Å². The van der Waals surface area contributed by atoms with Gasteiger partial charge in [-0.3, -0.25) is 4.79 Å². The topological polar surface area (TPSA) is 63.3 Å². The van der Waals surface area contributed by atoms with E-state index < -0.39 is 5.97 Å². The van der Waals surface area contributed by atoms with Crippen LogP contribution in [0, 0.1) is 17.8 Å². The van der Waals surface area contributed by atoms with Crippen LogP contribution in [-0.2, 0) is 4.79 Å². The smallest absolute Gasteiger partial charge is 0.303 e. The number of carbonyl (C=O) groups is 1. The van der Waals surface area contributed by atoms with Crippen molar-refractivity contribution in [3.05, 3.63) is 0 Å². The molecule has 0 aliphatic heterocycles. The summed E-state index contributed by atoms with van der Waals surface area (Å²) in [6, 6.07) is 0. The molecular formula is C11H21NO2. The summed E-state index contributed by atoms with van der Waals surface area (Å²) in [7, 11) is 0. The summed E-state index contributed by atoms with van der Waals surface area (Å²) in [6.07, 6.45) is 5.10. The van der Waals surface area contributed by atoms with E-state index in [1.54, 1.807) is 0 Å². The number of aliphatic carboxylic acids is 1. The Hall–Kier alpha value is -0.570. The molecule has 0 radical (unpaired) electrons. The molecule has 1 aliphatic rings. The number of nitrogens with two attached hydrogens (primary N) is 1. The predicted molar refractivity (Wildman–Crippen MR) is 55.9 cm³/mol. The molecule has 3 N–H and O–H groups in total. The zero-order chi connectivity index (χ0) is 10.6. The highest BCUT2D eigenvalue weighted by Crippen LogP contribution is 2.34. The summed E-state index contributed by atoms with van der Waals surface area (Å²) in [5.74, 6) is 0.769. The highest BCUT2D eigenvalue weighted by atomic mass is 16.4. The first-order valence-corrected chi connectivity index (χ1v) is 5.55. The predicted octanol–water partition coefficient (Wildman–Crippen LogP) is 1.86. The molecule has 1 rings (SSSR count).